The summed E-state index contributed by atoms with van der Waals surface area (Å²) < 4.78 is 0. The lowest BCUT2D eigenvalue weighted by atomic mass is 10.1. The van der Waals surface area contributed by atoms with Crippen molar-refractivity contribution in [2.45, 2.75) is 52.1 Å². The molecule has 0 radical (unpaired) electrons. The van der Waals surface area contributed by atoms with Crippen molar-refractivity contribution in [2.75, 3.05) is 11.5 Å². The van der Waals surface area contributed by atoms with Crippen LogP contribution >= 0.6 is 11.8 Å². The van der Waals surface area contributed by atoms with Gasteiger partial charge >= 0.3 is 5.97 Å². The largest absolute Gasteiger partial charge is 0.481 e. The number of nitrogens with one attached hydrogen (secondary N) is 1. The molecule has 0 aliphatic heterocycles. The molecule has 0 spiro atoms. The predicted octanol–water partition coefficient (Wildman–Crippen LogP) is 2.36. The van der Waals surface area contributed by atoms with Crippen LogP contribution in [0.5, 0.6) is 0 Å². The minimum Gasteiger partial charge on any atom is -0.481 e. The monoisotopic (exact) mass is 233 g/mol. The first-order valence-electron chi connectivity index (χ1n) is 5.61. The third kappa shape index (κ3) is 10.1. The van der Waals surface area contributed by atoms with Gasteiger partial charge in [-0.15, -0.1) is 0 Å². The highest BCUT2D eigenvalue weighted by atomic mass is 32.2. The first-order chi connectivity index (χ1) is 7.06. The maximum atomic E-state index is 10.4. The summed E-state index contributed by atoms with van der Waals surface area (Å²) >= 11 is 1.95. The van der Waals surface area contributed by atoms with Crippen LogP contribution in [0.3, 0.4) is 0 Å². The highest BCUT2D eigenvalue weighted by molar-refractivity contribution is 7.99. The first kappa shape index (κ1) is 14.8. The van der Waals surface area contributed by atoms with Crippen molar-refractivity contribution in [3.8, 4) is 0 Å². The number of hydrogen-bond donors (Lipinski definition) is 2. The van der Waals surface area contributed by atoms with E-state index in [0.717, 1.165) is 6.42 Å². The van der Waals surface area contributed by atoms with Gasteiger partial charge < -0.3 is 10.4 Å². The summed E-state index contributed by atoms with van der Waals surface area (Å²) in [6.45, 7) is 6.37. The van der Waals surface area contributed by atoms with E-state index in [2.05, 4.69) is 19.2 Å². The molecule has 0 saturated carbocycles. The predicted molar refractivity (Wildman–Crippen MR) is 66.5 cm³/mol. The third-order valence-electron chi connectivity index (χ3n) is 2.26. The van der Waals surface area contributed by atoms with Gasteiger partial charge in [-0.3, -0.25) is 4.79 Å². The highest BCUT2D eigenvalue weighted by Crippen LogP contribution is 2.05. The van der Waals surface area contributed by atoms with Gasteiger partial charge in [0.05, 0.1) is 0 Å². The average molecular weight is 233 g/mol. The van der Waals surface area contributed by atoms with Crippen LogP contribution in [0.1, 0.15) is 40.0 Å². The summed E-state index contributed by atoms with van der Waals surface area (Å²) in [4.78, 5) is 10.4. The smallest absolute Gasteiger partial charge is 0.303 e. The van der Waals surface area contributed by atoms with E-state index in [-0.39, 0.29) is 6.42 Å². The normalized spacial score (nSPS) is 14.9. The van der Waals surface area contributed by atoms with Gasteiger partial charge in [0.15, 0.2) is 0 Å². The van der Waals surface area contributed by atoms with E-state index in [9.17, 15) is 4.79 Å². The second-order valence-corrected chi connectivity index (χ2v) is 5.28. The minimum absolute atomic E-state index is 0.255. The maximum absolute atomic E-state index is 10.4. The van der Waals surface area contributed by atoms with E-state index in [1.54, 1.807) is 0 Å². The standard InChI is InChI=1S/C11H23NO2S/c1-4-15-8-7-10(3)12-9(2)5-6-11(13)14/h9-10,12H,4-8H2,1-3H3,(H,13,14). The molecule has 0 aliphatic rings. The summed E-state index contributed by atoms with van der Waals surface area (Å²) in [5.74, 6) is 1.63. The zero-order chi connectivity index (χ0) is 11.7. The van der Waals surface area contributed by atoms with Gasteiger partial charge in [0.2, 0.25) is 0 Å². The fourth-order valence-corrected chi connectivity index (χ4v) is 2.21. The average Bonchev–Trinajstić information content (AvgIpc) is 2.15. The molecule has 0 saturated heterocycles. The molecule has 0 aromatic rings. The van der Waals surface area contributed by atoms with Crippen LogP contribution in [-0.4, -0.2) is 34.7 Å². The van der Waals surface area contributed by atoms with Crippen LogP contribution < -0.4 is 5.32 Å². The van der Waals surface area contributed by atoms with Gasteiger partial charge in [-0.25, -0.2) is 0 Å². The number of thioether (sulfide) groups is 1. The van der Waals surface area contributed by atoms with Crippen LogP contribution in [0.2, 0.25) is 0 Å². The molecule has 2 unspecified atom stereocenters. The van der Waals surface area contributed by atoms with Gasteiger partial charge in [0.25, 0.3) is 0 Å². The molecule has 2 atom stereocenters. The molecule has 0 amide bonds. The Bertz CT molecular complexity index is 176. The molecule has 4 heteroatoms. The van der Waals surface area contributed by atoms with Gasteiger partial charge in [-0.1, -0.05) is 6.92 Å². The van der Waals surface area contributed by atoms with Crippen LogP contribution in [0.4, 0.5) is 0 Å². The molecule has 0 heterocycles. The molecule has 0 bridgehead atoms. The van der Waals surface area contributed by atoms with E-state index in [0.29, 0.717) is 18.5 Å². The lowest BCUT2D eigenvalue weighted by Crippen LogP contribution is -2.35. The second-order valence-electron chi connectivity index (χ2n) is 3.89. The van der Waals surface area contributed by atoms with Crippen molar-refractivity contribution >= 4 is 17.7 Å². The van der Waals surface area contributed by atoms with E-state index < -0.39 is 5.97 Å². The summed E-state index contributed by atoms with van der Waals surface area (Å²) in [6, 6.07) is 0.774. The van der Waals surface area contributed by atoms with Gasteiger partial charge in [0, 0.05) is 18.5 Å². The Kier molecular flexibility index (Phi) is 8.91. The number of carboxylic acid groups (broad SMARTS) is 1. The second kappa shape index (κ2) is 9.04. The van der Waals surface area contributed by atoms with E-state index in [1.807, 2.05) is 18.7 Å². The Morgan fingerprint density at radius 1 is 1.33 bits per heavy atom. The van der Waals surface area contributed by atoms with Crippen molar-refractivity contribution < 1.29 is 9.90 Å². The zero-order valence-corrected chi connectivity index (χ0v) is 10.8. The number of carboxylic acids is 1. The molecular formula is C11H23NO2S. The van der Waals surface area contributed by atoms with Crippen molar-refractivity contribution in [1.82, 2.24) is 5.32 Å². The molecule has 0 aliphatic carbocycles. The molecule has 90 valence electrons. The zero-order valence-electron chi connectivity index (χ0n) is 9.95. The third-order valence-corrected chi connectivity index (χ3v) is 3.19. The fourth-order valence-electron chi connectivity index (χ4n) is 1.40. The van der Waals surface area contributed by atoms with Crippen molar-refractivity contribution in [1.29, 1.82) is 0 Å². The quantitative estimate of drug-likeness (QED) is 0.600. The first-order valence-corrected chi connectivity index (χ1v) is 6.77. The van der Waals surface area contributed by atoms with Gasteiger partial charge in [0.1, 0.15) is 0 Å². The van der Waals surface area contributed by atoms with Crippen LogP contribution in [0.15, 0.2) is 0 Å². The molecule has 0 aromatic carbocycles. The topological polar surface area (TPSA) is 49.3 Å². The molecule has 3 nitrogen and oxygen atoms in total. The summed E-state index contributed by atoms with van der Waals surface area (Å²) in [7, 11) is 0. The molecule has 15 heavy (non-hydrogen) atoms. The SMILES string of the molecule is CCSCCC(C)NC(C)CCC(=O)O. The minimum atomic E-state index is -0.710. The van der Waals surface area contributed by atoms with Gasteiger partial charge in [-0.05, 0) is 38.2 Å². The number of rotatable bonds is 9. The molecule has 0 rings (SSSR count). The Hall–Kier alpha value is -0.220. The van der Waals surface area contributed by atoms with Crippen molar-refractivity contribution in [2.24, 2.45) is 0 Å². The van der Waals surface area contributed by atoms with Gasteiger partial charge in [-0.2, -0.15) is 11.8 Å². The summed E-state index contributed by atoms with van der Waals surface area (Å²) in [5.41, 5.74) is 0. The number of carbonyl (C=O) groups is 1. The number of aliphatic carboxylic acids is 1. The number of hydrogen-bond acceptors (Lipinski definition) is 3. The summed E-state index contributed by atoms with van der Waals surface area (Å²) in [5, 5.41) is 12.0. The Labute approximate surface area is 97.0 Å². The highest BCUT2D eigenvalue weighted by Gasteiger charge is 2.08. The van der Waals surface area contributed by atoms with Crippen LogP contribution in [0.25, 0.3) is 0 Å². The molecule has 0 fully saturated rings. The van der Waals surface area contributed by atoms with Crippen molar-refractivity contribution in [3.05, 3.63) is 0 Å². The van der Waals surface area contributed by atoms with Crippen molar-refractivity contribution in [3.63, 3.8) is 0 Å². The van der Waals surface area contributed by atoms with E-state index in [4.69, 9.17) is 5.11 Å². The lowest BCUT2D eigenvalue weighted by Gasteiger charge is -2.19. The lowest BCUT2D eigenvalue weighted by molar-refractivity contribution is -0.137. The Morgan fingerprint density at radius 3 is 2.47 bits per heavy atom. The Morgan fingerprint density at radius 2 is 1.93 bits per heavy atom. The van der Waals surface area contributed by atoms with Crippen LogP contribution in [0, 0.1) is 0 Å². The molecule has 2 N–H and O–H groups in total. The Balaban J connectivity index is 3.48. The maximum Gasteiger partial charge on any atom is 0.303 e. The summed E-state index contributed by atoms with van der Waals surface area (Å²) in [6.07, 6.45) is 2.11. The van der Waals surface area contributed by atoms with E-state index in [1.165, 1.54) is 11.5 Å². The van der Waals surface area contributed by atoms with E-state index >= 15 is 0 Å². The van der Waals surface area contributed by atoms with Crippen LogP contribution in [-0.2, 0) is 4.79 Å². The fraction of sp³-hybridized carbons (Fsp3) is 0.909. The molecular weight excluding hydrogens is 210 g/mol. The molecule has 0 aromatic heterocycles.